The fraction of sp³-hybridized carbons (Fsp3) is 0.0769. The number of carbonyl (C=O) groups excluding carboxylic acids is 1. The zero-order valence-corrected chi connectivity index (χ0v) is 13.8. The summed E-state index contributed by atoms with van der Waals surface area (Å²) in [4.78, 5) is 25.4. The zero-order valence-electron chi connectivity index (χ0n) is 10.7. The summed E-state index contributed by atoms with van der Waals surface area (Å²) in [5, 5.41) is 10.8. The lowest BCUT2D eigenvalue weighted by Crippen LogP contribution is -1.96. The molecule has 0 radical (unpaired) electrons. The van der Waals surface area contributed by atoms with Gasteiger partial charge in [0.25, 0.3) is 5.69 Å². The third kappa shape index (κ3) is 3.64. The number of ether oxygens (including phenoxy) is 1. The second-order valence-corrected chi connectivity index (χ2v) is 5.75. The number of aromatic nitrogens is 1. The summed E-state index contributed by atoms with van der Waals surface area (Å²) in [5.74, 6) is 0.547. The minimum Gasteiger partial charge on any atom is -0.437 e. The number of nitrogens with zero attached hydrogens (tertiary/aromatic N) is 2. The summed E-state index contributed by atoms with van der Waals surface area (Å²) in [5.41, 5.74) is 0.408. The molecule has 0 fully saturated rings. The van der Waals surface area contributed by atoms with Gasteiger partial charge in [-0.05, 0) is 44.8 Å². The number of halogens is 2. The zero-order chi connectivity index (χ0) is 15.6. The molecule has 2 aromatic rings. The predicted octanol–water partition coefficient (Wildman–Crippen LogP) is 4.51. The number of nitro benzene ring substituents is 1. The lowest BCUT2D eigenvalue weighted by atomic mass is 10.2. The highest BCUT2D eigenvalue weighted by molar-refractivity contribution is 9.11. The summed E-state index contributed by atoms with van der Waals surface area (Å²) in [7, 11) is 0. The average molecular weight is 416 g/mol. The van der Waals surface area contributed by atoms with E-state index in [-0.39, 0.29) is 17.4 Å². The fourth-order valence-corrected chi connectivity index (χ4v) is 2.83. The minimum absolute atomic E-state index is 0.0685. The van der Waals surface area contributed by atoms with E-state index in [9.17, 15) is 14.9 Å². The van der Waals surface area contributed by atoms with Crippen LogP contribution < -0.4 is 4.74 Å². The van der Waals surface area contributed by atoms with E-state index < -0.39 is 4.92 Å². The second-order valence-electron chi connectivity index (χ2n) is 4.04. The van der Waals surface area contributed by atoms with Gasteiger partial charge in [-0.15, -0.1) is 0 Å². The molecule has 1 heterocycles. The van der Waals surface area contributed by atoms with Crippen LogP contribution in [0.3, 0.4) is 0 Å². The van der Waals surface area contributed by atoms with Crippen molar-refractivity contribution in [1.82, 2.24) is 4.98 Å². The molecule has 108 valence electrons. The molecule has 0 aliphatic carbocycles. The smallest absolute Gasteiger partial charge is 0.271 e. The van der Waals surface area contributed by atoms with Gasteiger partial charge in [-0.1, -0.05) is 0 Å². The van der Waals surface area contributed by atoms with Crippen LogP contribution in [0.25, 0.3) is 0 Å². The van der Waals surface area contributed by atoms with Crippen LogP contribution in [-0.4, -0.2) is 15.7 Å². The Kier molecular flexibility index (Phi) is 4.69. The van der Waals surface area contributed by atoms with Crippen molar-refractivity contribution < 1.29 is 14.5 Å². The van der Waals surface area contributed by atoms with Crippen LogP contribution in [0.15, 0.2) is 39.4 Å². The Bertz CT molecular complexity index is 694. The lowest BCUT2D eigenvalue weighted by Gasteiger charge is -2.09. The number of Topliss-reactive ketones (excluding diaryl/α,β-unsaturated/α-hetero) is 1. The first-order valence-electron chi connectivity index (χ1n) is 5.66. The van der Waals surface area contributed by atoms with Gasteiger partial charge in [0.15, 0.2) is 11.5 Å². The SMILES string of the molecule is CC(=O)c1ccc(Oc2c(Br)cc([N+](=O)[O-])cc2Br)nc1. The van der Waals surface area contributed by atoms with E-state index in [4.69, 9.17) is 4.74 Å². The normalized spacial score (nSPS) is 10.2. The van der Waals surface area contributed by atoms with Crippen molar-refractivity contribution in [3.8, 4) is 11.6 Å². The molecule has 1 aromatic carbocycles. The van der Waals surface area contributed by atoms with Crippen molar-refractivity contribution in [2.45, 2.75) is 6.92 Å². The van der Waals surface area contributed by atoms with E-state index in [1.807, 2.05) is 0 Å². The lowest BCUT2D eigenvalue weighted by molar-refractivity contribution is -0.385. The standard InChI is InChI=1S/C13H8Br2N2O4/c1-7(18)8-2-3-12(16-6-8)21-13-10(14)4-9(17(19)20)5-11(13)15/h2-6H,1H3. The van der Waals surface area contributed by atoms with E-state index in [1.54, 1.807) is 12.1 Å². The molecule has 21 heavy (non-hydrogen) atoms. The Balaban J connectivity index is 2.31. The molecule has 0 saturated carbocycles. The van der Waals surface area contributed by atoms with Crippen LogP contribution >= 0.6 is 31.9 Å². The van der Waals surface area contributed by atoms with Crippen LogP contribution in [0.5, 0.6) is 11.6 Å². The molecule has 0 spiro atoms. The molecule has 0 amide bonds. The molecule has 0 saturated heterocycles. The maximum Gasteiger partial charge on any atom is 0.271 e. The minimum atomic E-state index is -0.501. The maximum atomic E-state index is 11.2. The van der Waals surface area contributed by atoms with Gasteiger partial charge in [-0.25, -0.2) is 4.98 Å². The first-order chi connectivity index (χ1) is 9.88. The van der Waals surface area contributed by atoms with Gasteiger partial charge in [0.2, 0.25) is 5.88 Å². The molecule has 0 unspecified atom stereocenters. The summed E-state index contributed by atoms with van der Waals surface area (Å²) in [6.07, 6.45) is 1.41. The van der Waals surface area contributed by atoms with Gasteiger partial charge in [0.1, 0.15) is 0 Å². The third-order valence-electron chi connectivity index (χ3n) is 2.54. The van der Waals surface area contributed by atoms with E-state index in [1.165, 1.54) is 25.3 Å². The van der Waals surface area contributed by atoms with E-state index >= 15 is 0 Å². The first kappa shape index (κ1) is 15.6. The number of hydrogen-bond acceptors (Lipinski definition) is 5. The Morgan fingerprint density at radius 3 is 2.33 bits per heavy atom. The van der Waals surface area contributed by atoms with Gasteiger partial charge in [0.05, 0.1) is 13.9 Å². The third-order valence-corrected chi connectivity index (χ3v) is 3.72. The molecule has 1 aromatic heterocycles. The van der Waals surface area contributed by atoms with Crippen molar-refractivity contribution in [3.05, 3.63) is 55.1 Å². The van der Waals surface area contributed by atoms with Crippen LogP contribution in [0.2, 0.25) is 0 Å². The highest BCUT2D eigenvalue weighted by atomic mass is 79.9. The van der Waals surface area contributed by atoms with Crippen molar-refractivity contribution in [2.75, 3.05) is 0 Å². The molecule has 0 bridgehead atoms. The number of pyridine rings is 1. The number of non-ortho nitro benzene ring substituents is 1. The number of rotatable bonds is 4. The molecule has 8 heteroatoms. The second kappa shape index (κ2) is 6.31. The van der Waals surface area contributed by atoms with Crippen molar-refractivity contribution in [1.29, 1.82) is 0 Å². The number of benzene rings is 1. The molecular formula is C13H8Br2N2O4. The molecule has 2 rings (SSSR count). The van der Waals surface area contributed by atoms with E-state index in [0.29, 0.717) is 20.3 Å². The number of carbonyl (C=O) groups is 1. The van der Waals surface area contributed by atoms with E-state index in [0.717, 1.165) is 0 Å². The molecule has 0 atom stereocenters. The fourth-order valence-electron chi connectivity index (χ4n) is 1.50. The summed E-state index contributed by atoms with van der Waals surface area (Å²) in [6.45, 7) is 1.45. The maximum absolute atomic E-state index is 11.2. The molecule has 0 aliphatic heterocycles. The Labute approximate surface area is 136 Å². The summed E-state index contributed by atoms with van der Waals surface area (Å²) >= 11 is 6.44. The van der Waals surface area contributed by atoms with Gasteiger partial charge in [0, 0.05) is 30.0 Å². The highest BCUT2D eigenvalue weighted by Crippen LogP contribution is 2.39. The van der Waals surface area contributed by atoms with Crippen molar-refractivity contribution in [3.63, 3.8) is 0 Å². The van der Waals surface area contributed by atoms with Gasteiger partial charge < -0.3 is 4.74 Å². The first-order valence-corrected chi connectivity index (χ1v) is 7.25. The quantitative estimate of drug-likeness (QED) is 0.416. The van der Waals surface area contributed by atoms with Crippen LogP contribution in [0.1, 0.15) is 17.3 Å². The Morgan fingerprint density at radius 1 is 1.29 bits per heavy atom. The van der Waals surface area contributed by atoms with Crippen LogP contribution in [0, 0.1) is 10.1 Å². The number of nitro groups is 1. The number of ketones is 1. The van der Waals surface area contributed by atoms with Gasteiger partial charge in [-0.3, -0.25) is 14.9 Å². The number of hydrogen-bond donors (Lipinski definition) is 0. The van der Waals surface area contributed by atoms with Crippen LogP contribution in [-0.2, 0) is 0 Å². The topological polar surface area (TPSA) is 82.3 Å². The Hall–Kier alpha value is -1.80. The molecule has 6 nitrogen and oxygen atoms in total. The monoisotopic (exact) mass is 414 g/mol. The summed E-state index contributed by atoms with van der Waals surface area (Å²) in [6, 6.07) is 5.82. The molecular weight excluding hydrogens is 408 g/mol. The van der Waals surface area contributed by atoms with E-state index in [2.05, 4.69) is 36.8 Å². The predicted molar refractivity (Wildman–Crippen MR) is 82.8 cm³/mol. The molecule has 0 aliphatic rings. The average Bonchev–Trinajstić information content (AvgIpc) is 2.43. The van der Waals surface area contributed by atoms with Crippen molar-refractivity contribution >= 4 is 43.3 Å². The van der Waals surface area contributed by atoms with Crippen molar-refractivity contribution in [2.24, 2.45) is 0 Å². The highest BCUT2D eigenvalue weighted by Gasteiger charge is 2.16. The largest absolute Gasteiger partial charge is 0.437 e. The summed E-state index contributed by atoms with van der Waals surface area (Å²) < 4.78 is 6.41. The van der Waals surface area contributed by atoms with Gasteiger partial charge in [-0.2, -0.15) is 0 Å². The van der Waals surface area contributed by atoms with Crippen LogP contribution in [0.4, 0.5) is 5.69 Å². The van der Waals surface area contributed by atoms with Gasteiger partial charge >= 0.3 is 0 Å². The molecule has 0 N–H and O–H groups in total. The Morgan fingerprint density at radius 2 is 1.90 bits per heavy atom.